The molecule has 0 aliphatic carbocycles. The molecular formula is C16H31N5. The van der Waals surface area contributed by atoms with Gasteiger partial charge in [0.15, 0.2) is 0 Å². The molecule has 0 amide bonds. The standard InChI is InChI=1S/C16H31N5/c1-6-8-17-11-15-14(3)18-20(5)16(15)21-10-7-9-19(4)12-13(21)2/h13,17H,6-12H2,1-5H3. The average Bonchev–Trinajstić information content (AvgIpc) is 2.59. The molecule has 1 aromatic heterocycles. The molecule has 5 heteroatoms. The molecule has 0 radical (unpaired) electrons. The zero-order valence-corrected chi connectivity index (χ0v) is 14.3. The normalized spacial score (nSPS) is 20.8. The Morgan fingerprint density at radius 3 is 2.76 bits per heavy atom. The minimum Gasteiger partial charge on any atom is -0.353 e. The summed E-state index contributed by atoms with van der Waals surface area (Å²) in [6.45, 7) is 12.1. The zero-order valence-electron chi connectivity index (χ0n) is 14.3. The molecule has 2 rings (SSSR count). The molecule has 1 saturated heterocycles. The molecule has 120 valence electrons. The van der Waals surface area contributed by atoms with Crippen molar-refractivity contribution in [1.29, 1.82) is 0 Å². The van der Waals surface area contributed by atoms with E-state index >= 15 is 0 Å². The molecule has 21 heavy (non-hydrogen) atoms. The van der Waals surface area contributed by atoms with Gasteiger partial charge in [-0.2, -0.15) is 5.10 Å². The number of aryl methyl sites for hydroxylation is 2. The highest BCUT2D eigenvalue weighted by atomic mass is 15.4. The van der Waals surface area contributed by atoms with Crippen LogP contribution in [0.25, 0.3) is 0 Å². The van der Waals surface area contributed by atoms with Crippen molar-refractivity contribution in [3.8, 4) is 0 Å². The number of rotatable bonds is 5. The van der Waals surface area contributed by atoms with Crippen molar-refractivity contribution < 1.29 is 0 Å². The van der Waals surface area contributed by atoms with Crippen molar-refractivity contribution in [1.82, 2.24) is 20.0 Å². The lowest BCUT2D eigenvalue weighted by atomic mass is 10.2. The fraction of sp³-hybridized carbons (Fsp3) is 0.812. The van der Waals surface area contributed by atoms with Gasteiger partial charge in [-0.1, -0.05) is 6.92 Å². The Labute approximate surface area is 129 Å². The number of aromatic nitrogens is 2. The van der Waals surface area contributed by atoms with Gasteiger partial charge in [0.1, 0.15) is 5.82 Å². The van der Waals surface area contributed by atoms with Gasteiger partial charge in [0, 0.05) is 38.3 Å². The van der Waals surface area contributed by atoms with Crippen LogP contribution in [0.3, 0.4) is 0 Å². The maximum atomic E-state index is 4.67. The number of likely N-dealkylation sites (N-methyl/N-ethyl adjacent to an activating group) is 1. The molecule has 1 aliphatic rings. The second-order valence-corrected chi connectivity index (χ2v) is 6.35. The average molecular weight is 293 g/mol. The Bertz CT molecular complexity index is 454. The van der Waals surface area contributed by atoms with Crippen LogP contribution >= 0.6 is 0 Å². The van der Waals surface area contributed by atoms with Crippen LogP contribution in [0.5, 0.6) is 0 Å². The fourth-order valence-electron chi connectivity index (χ4n) is 3.33. The molecule has 0 spiro atoms. The summed E-state index contributed by atoms with van der Waals surface area (Å²) in [5, 5.41) is 8.20. The van der Waals surface area contributed by atoms with Gasteiger partial charge >= 0.3 is 0 Å². The summed E-state index contributed by atoms with van der Waals surface area (Å²) in [4.78, 5) is 4.98. The molecule has 1 atom stereocenters. The molecule has 0 aromatic carbocycles. The van der Waals surface area contributed by atoms with Gasteiger partial charge in [0.25, 0.3) is 0 Å². The van der Waals surface area contributed by atoms with E-state index in [2.05, 4.69) is 59.8 Å². The number of anilines is 1. The van der Waals surface area contributed by atoms with Crippen LogP contribution in [0, 0.1) is 6.92 Å². The first-order chi connectivity index (χ1) is 10.0. The molecular weight excluding hydrogens is 262 g/mol. The monoisotopic (exact) mass is 293 g/mol. The van der Waals surface area contributed by atoms with Crippen LogP contribution in [-0.2, 0) is 13.6 Å². The first-order valence-electron chi connectivity index (χ1n) is 8.23. The van der Waals surface area contributed by atoms with Gasteiger partial charge in [0.2, 0.25) is 0 Å². The van der Waals surface area contributed by atoms with E-state index in [0.29, 0.717) is 6.04 Å². The topological polar surface area (TPSA) is 36.3 Å². The summed E-state index contributed by atoms with van der Waals surface area (Å²) >= 11 is 0. The lowest BCUT2D eigenvalue weighted by Crippen LogP contribution is -2.39. The Hall–Kier alpha value is -1.07. The minimum absolute atomic E-state index is 0.525. The summed E-state index contributed by atoms with van der Waals surface area (Å²) in [5.74, 6) is 1.30. The van der Waals surface area contributed by atoms with Crippen molar-refractivity contribution in [3.63, 3.8) is 0 Å². The van der Waals surface area contributed by atoms with Crippen molar-refractivity contribution in [2.45, 2.75) is 46.2 Å². The summed E-state index contributed by atoms with van der Waals surface area (Å²) < 4.78 is 2.07. The first kappa shape index (κ1) is 16.3. The lowest BCUT2D eigenvalue weighted by molar-refractivity contribution is 0.336. The molecule has 5 nitrogen and oxygen atoms in total. The maximum Gasteiger partial charge on any atom is 0.131 e. The van der Waals surface area contributed by atoms with Crippen LogP contribution in [0.2, 0.25) is 0 Å². The molecule has 0 saturated carbocycles. The molecule has 2 heterocycles. The van der Waals surface area contributed by atoms with Gasteiger partial charge in [-0.25, -0.2) is 0 Å². The number of nitrogens with zero attached hydrogens (tertiary/aromatic N) is 4. The zero-order chi connectivity index (χ0) is 15.4. The van der Waals surface area contributed by atoms with Crippen LogP contribution in [0.1, 0.15) is 37.9 Å². The molecule has 1 fully saturated rings. The minimum atomic E-state index is 0.525. The largest absolute Gasteiger partial charge is 0.353 e. The van der Waals surface area contributed by atoms with E-state index in [1.54, 1.807) is 0 Å². The van der Waals surface area contributed by atoms with E-state index in [9.17, 15) is 0 Å². The molecule has 1 aromatic rings. The Morgan fingerprint density at radius 1 is 1.29 bits per heavy atom. The van der Waals surface area contributed by atoms with Gasteiger partial charge in [0.05, 0.1) is 5.69 Å². The van der Waals surface area contributed by atoms with E-state index in [1.165, 1.54) is 30.8 Å². The predicted octanol–water partition coefficient (Wildman–Crippen LogP) is 1.76. The van der Waals surface area contributed by atoms with Crippen molar-refractivity contribution in [2.75, 3.05) is 38.1 Å². The highest BCUT2D eigenvalue weighted by Gasteiger charge is 2.25. The predicted molar refractivity (Wildman–Crippen MR) is 88.9 cm³/mol. The van der Waals surface area contributed by atoms with E-state index in [4.69, 9.17) is 0 Å². The van der Waals surface area contributed by atoms with Crippen LogP contribution < -0.4 is 10.2 Å². The Morgan fingerprint density at radius 2 is 2.05 bits per heavy atom. The van der Waals surface area contributed by atoms with Crippen LogP contribution in [0.15, 0.2) is 0 Å². The summed E-state index contributed by atoms with van der Waals surface area (Å²) in [7, 11) is 4.30. The van der Waals surface area contributed by atoms with Crippen molar-refractivity contribution in [3.05, 3.63) is 11.3 Å². The second kappa shape index (κ2) is 7.27. The van der Waals surface area contributed by atoms with Gasteiger partial charge in [-0.05, 0) is 46.8 Å². The summed E-state index contributed by atoms with van der Waals surface area (Å²) in [5.41, 5.74) is 2.52. The van der Waals surface area contributed by atoms with Crippen LogP contribution in [0.4, 0.5) is 5.82 Å². The first-order valence-corrected chi connectivity index (χ1v) is 8.23. The number of hydrogen-bond acceptors (Lipinski definition) is 4. The number of hydrogen-bond donors (Lipinski definition) is 1. The summed E-state index contributed by atoms with van der Waals surface area (Å²) in [6, 6.07) is 0.525. The number of nitrogens with one attached hydrogen (secondary N) is 1. The smallest absolute Gasteiger partial charge is 0.131 e. The quantitative estimate of drug-likeness (QED) is 0.839. The van der Waals surface area contributed by atoms with Crippen LogP contribution in [-0.4, -0.2) is 53.9 Å². The third-order valence-electron chi connectivity index (χ3n) is 4.36. The third kappa shape index (κ3) is 3.77. The Kier molecular flexibility index (Phi) is 5.65. The van der Waals surface area contributed by atoms with Gasteiger partial charge in [-0.15, -0.1) is 0 Å². The van der Waals surface area contributed by atoms with Crippen molar-refractivity contribution in [2.24, 2.45) is 7.05 Å². The van der Waals surface area contributed by atoms with E-state index in [1.807, 2.05) is 0 Å². The van der Waals surface area contributed by atoms with Crippen molar-refractivity contribution >= 4 is 5.82 Å². The van der Waals surface area contributed by atoms with E-state index in [0.717, 1.165) is 31.9 Å². The SMILES string of the molecule is CCCNCc1c(C)nn(C)c1N1CCCN(C)CC1C. The van der Waals surface area contributed by atoms with Gasteiger partial charge < -0.3 is 15.1 Å². The van der Waals surface area contributed by atoms with E-state index in [-0.39, 0.29) is 0 Å². The molecule has 1 N–H and O–H groups in total. The lowest BCUT2D eigenvalue weighted by Gasteiger charge is -2.31. The summed E-state index contributed by atoms with van der Waals surface area (Å²) in [6.07, 6.45) is 2.38. The molecule has 0 bridgehead atoms. The maximum absolute atomic E-state index is 4.67. The van der Waals surface area contributed by atoms with E-state index < -0.39 is 0 Å². The highest BCUT2D eigenvalue weighted by molar-refractivity contribution is 5.51. The second-order valence-electron chi connectivity index (χ2n) is 6.35. The Balaban J connectivity index is 2.24. The molecule has 1 aliphatic heterocycles. The fourth-order valence-corrected chi connectivity index (χ4v) is 3.33. The third-order valence-corrected chi connectivity index (χ3v) is 4.36. The molecule has 1 unspecified atom stereocenters. The van der Waals surface area contributed by atoms with Gasteiger partial charge in [-0.3, -0.25) is 4.68 Å². The highest BCUT2D eigenvalue weighted by Crippen LogP contribution is 2.26.